The van der Waals surface area contributed by atoms with Gasteiger partial charge in [0.25, 0.3) is 11.6 Å². The van der Waals surface area contributed by atoms with Crippen LogP contribution in [0.4, 0.5) is 5.69 Å². The van der Waals surface area contributed by atoms with E-state index in [0.29, 0.717) is 22.9 Å². The third-order valence-electron chi connectivity index (χ3n) is 3.81. The monoisotopic (exact) mass is 370 g/mol. The van der Waals surface area contributed by atoms with E-state index in [4.69, 9.17) is 11.6 Å². The van der Waals surface area contributed by atoms with Crippen LogP contribution in [0.15, 0.2) is 60.8 Å². The Balaban J connectivity index is 1.72. The highest BCUT2D eigenvalue weighted by molar-refractivity contribution is 6.30. The zero-order valence-corrected chi connectivity index (χ0v) is 14.6. The van der Waals surface area contributed by atoms with E-state index >= 15 is 0 Å². The molecule has 0 N–H and O–H groups in total. The predicted octanol–water partition coefficient (Wildman–Crippen LogP) is 3.71. The number of nitro benzene ring substituents is 1. The van der Waals surface area contributed by atoms with Gasteiger partial charge in [0, 0.05) is 36.9 Å². The first-order chi connectivity index (χ1) is 12.4. The summed E-state index contributed by atoms with van der Waals surface area (Å²) in [5.74, 6) is -0.222. The van der Waals surface area contributed by atoms with E-state index < -0.39 is 4.92 Å². The van der Waals surface area contributed by atoms with E-state index in [9.17, 15) is 14.9 Å². The molecule has 132 valence electrons. The van der Waals surface area contributed by atoms with Crippen LogP contribution in [0.3, 0.4) is 0 Å². The van der Waals surface area contributed by atoms with E-state index in [1.807, 2.05) is 12.1 Å². The Morgan fingerprint density at radius 3 is 2.42 bits per heavy atom. The largest absolute Gasteiger partial charge is 0.336 e. The van der Waals surface area contributed by atoms with E-state index in [0.717, 1.165) is 5.56 Å². The average molecular weight is 371 g/mol. The minimum absolute atomic E-state index is 0.0000891. The van der Waals surface area contributed by atoms with Crippen LogP contribution in [-0.4, -0.2) is 32.6 Å². The van der Waals surface area contributed by atoms with Gasteiger partial charge in [-0.05, 0) is 35.9 Å². The van der Waals surface area contributed by atoms with Crippen molar-refractivity contribution in [2.75, 3.05) is 7.05 Å². The maximum Gasteiger partial charge on any atom is 0.274 e. The molecule has 1 amide bonds. The zero-order valence-electron chi connectivity index (χ0n) is 13.9. The molecule has 8 heteroatoms. The second-order valence-electron chi connectivity index (χ2n) is 5.71. The van der Waals surface area contributed by atoms with Gasteiger partial charge in [-0.25, -0.2) is 4.68 Å². The smallest absolute Gasteiger partial charge is 0.274 e. The van der Waals surface area contributed by atoms with E-state index in [2.05, 4.69) is 5.10 Å². The van der Waals surface area contributed by atoms with Gasteiger partial charge >= 0.3 is 0 Å². The number of non-ortho nitro benzene ring substituents is 1. The number of nitrogens with zero attached hydrogens (tertiary/aromatic N) is 4. The van der Waals surface area contributed by atoms with Crippen LogP contribution in [-0.2, 0) is 6.54 Å². The fraction of sp³-hybridized carbons (Fsp3) is 0.111. The van der Waals surface area contributed by atoms with Crippen molar-refractivity contribution in [1.29, 1.82) is 0 Å². The Morgan fingerprint density at radius 2 is 1.81 bits per heavy atom. The maximum absolute atomic E-state index is 12.5. The van der Waals surface area contributed by atoms with Gasteiger partial charge in [-0.3, -0.25) is 14.9 Å². The van der Waals surface area contributed by atoms with Gasteiger partial charge in [0.1, 0.15) is 0 Å². The summed E-state index contributed by atoms with van der Waals surface area (Å²) in [6, 6.07) is 14.8. The Labute approximate surface area is 154 Å². The quantitative estimate of drug-likeness (QED) is 0.506. The van der Waals surface area contributed by atoms with Crippen LogP contribution in [0, 0.1) is 10.1 Å². The summed E-state index contributed by atoms with van der Waals surface area (Å²) in [6.45, 7) is 0.431. The van der Waals surface area contributed by atoms with Crippen molar-refractivity contribution in [1.82, 2.24) is 14.7 Å². The molecule has 1 aromatic heterocycles. The molecular weight excluding hydrogens is 356 g/mol. The van der Waals surface area contributed by atoms with Crippen molar-refractivity contribution >= 4 is 23.2 Å². The topological polar surface area (TPSA) is 81.3 Å². The molecule has 0 radical (unpaired) electrons. The summed E-state index contributed by atoms with van der Waals surface area (Å²) in [5.41, 5.74) is 1.88. The Kier molecular flexibility index (Phi) is 4.99. The molecule has 2 aromatic carbocycles. The number of carbonyl (C=O) groups is 1. The first kappa shape index (κ1) is 17.6. The maximum atomic E-state index is 12.5. The van der Waals surface area contributed by atoms with Crippen molar-refractivity contribution in [2.24, 2.45) is 0 Å². The third kappa shape index (κ3) is 3.89. The number of hydrogen-bond acceptors (Lipinski definition) is 4. The summed E-state index contributed by atoms with van der Waals surface area (Å²) in [5, 5.41) is 15.6. The standard InChI is InChI=1S/C18H15ClN4O3/c1-21(12-13-2-4-14(19)5-3-13)18(24)17-10-11-22(20-17)15-6-8-16(9-7-15)23(25)26/h2-11H,12H2,1H3. The van der Waals surface area contributed by atoms with Gasteiger partial charge in [0.2, 0.25) is 0 Å². The lowest BCUT2D eigenvalue weighted by molar-refractivity contribution is -0.384. The van der Waals surface area contributed by atoms with Crippen LogP contribution < -0.4 is 0 Å². The lowest BCUT2D eigenvalue weighted by Crippen LogP contribution is -2.26. The molecule has 0 spiro atoms. The molecule has 0 bridgehead atoms. The van der Waals surface area contributed by atoms with Crippen molar-refractivity contribution in [3.05, 3.63) is 87.2 Å². The first-order valence-corrected chi connectivity index (χ1v) is 8.12. The van der Waals surface area contributed by atoms with Crippen LogP contribution >= 0.6 is 11.6 Å². The predicted molar refractivity (Wildman–Crippen MR) is 97.5 cm³/mol. The molecular formula is C18H15ClN4O3. The Morgan fingerprint density at radius 1 is 1.15 bits per heavy atom. The Bertz CT molecular complexity index is 936. The van der Waals surface area contributed by atoms with Crippen LogP contribution in [0.2, 0.25) is 5.02 Å². The van der Waals surface area contributed by atoms with E-state index in [1.165, 1.54) is 16.8 Å². The molecule has 7 nitrogen and oxygen atoms in total. The Hall–Kier alpha value is -3.19. The molecule has 0 aliphatic carbocycles. The van der Waals surface area contributed by atoms with Crippen molar-refractivity contribution in [2.45, 2.75) is 6.54 Å². The SMILES string of the molecule is CN(Cc1ccc(Cl)cc1)C(=O)c1ccn(-c2ccc([N+](=O)[O-])cc2)n1. The second kappa shape index (κ2) is 7.37. The average Bonchev–Trinajstić information content (AvgIpc) is 3.13. The van der Waals surface area contributed by atoms with Gasteiger partial charge in [0.15, 0.2) is 5.69 Å². The van der Waals surface area contributed by atoms with Crippen LogP contribution in [0.25, 0.3) is 5.69 Å². The third-order valence-corrected chi connectivity index (χ3v) is 4.06. The second-order valence-corrected chi connectivity index (χ2v) is 6.14. The molecule has 0 fully saturated rings. The highest BCUT2D eigenvalue weighted by Gasteiger charge is 2.16. The summed E-state index contributed by atoms with van der Waals surface area (Å²) < 4.78 is 1.51. The highest BCUT2D eigenvalue weighted by Crippen LogP contribution is 2.16. The fourth-order valence-corrected chi connectivity index (χ4v) is 2.57. The number of hydrogen-bond donors (Lipinski definition) is 0. The molecule has 3 aromatic rings. The molecule has 26 heavy (non-hydrogen) atoms. The summed E-state index contributed by atoms with van der Waals surface area (Å²) in [6.07, 6.45) is 1.64. The molecule has 0 saturated carbocycles. The number of amides is 1. The molecule has 0 aliphatic heterocycles. The highest BCUT2D eigenvalue weighted by atomic mass is 35.5. The van der Waals surface area contributed by atoms with E-state index in [-0.39, 0.29) is 11.6 Å². The minimum atomic E-state index is -0.465. The minimum Gasteiger partial charge on any atom is -0.336 e. The summed E-state index contributed by atoms with van der Waals surface area (Å²) in [7, 11) is 1.70. The van der Waals surface area contributed by atoms with Gasteiger partial charge < -0.3 is 4.90 Å². The van der Waals surface area contributed by atoms with Crippen molar-refractivity contribution in [3.8, 4) is 5.69 Å². The van der Waals surface area contributed by atoms with Crippen LogP contribution in [0.1, 0.15) is 16.1 Å². The van der Waals surface area contributed by atoms with E-state index in [1.54, 1.807) is 48.5 Å². The molecule has 1 heterocycles. The summed E-state index contributed by atoms with van der Waals surface area (Å²) in [4.78, 5) is 24.3. The number of halogens is 1. The van der Waals surface area contributed by atoms with Crippen molar-refractivity contribution in [3.63, 3.8) is 0 Å². The number of rotatable bonds is 5. The van der Waals surface area contributed by atoms with Gasteiger partial charge in [0.05, 0.1) is 10.6 Å². The number of nitro groups is 1. The molecule has 0 saturated heterocycles. The molecule has 0 aliphatic rings. The lowest BCUT2D eigenvalue weighted by atomic mass is 10.2. The molecule has 0 unspecified atom stereocenters. The van der Waals surface area contributed by atoms with Gasteiger partial charge in [-0.15, -0.1) is 0 Å². The van der Waals surface area contributed by atoms with Crippen LogP contribution in [0.5, 0.6) is 0 Å². The molecule has 0 atom stereocenters. The fourth-order valence-electron chi connectivity index (χ4n) is 2.44. The number of benzene rings is 2. The number of carbonyl (C=O) groups excluding carboxylic acids is 1. The summed E-state index contributed by atoms with van der Waals surface area (Å²) >= 11 is 5.86. The zero-order chi connectivity index (χ0) is 18.7. The first-order valence-electron chi connectivity index (χ1n) is 7.74. The normalized spacial score (nSPS) is 10.5. The van der Waals surface area contributed by atoms with Gasteiger partial charge in [-0.1, -0.05) is 23.7 Å². The van der Waals surface area contributed by atoms with Crippen molar-refractivity contribution < 1.29 is 9.72 Å². The lowest BCUT2D eigenvalue weighted by Gasteiger charge is -2.16. The van der Waals surface area contributed by atoms with Gasteiger partial charge in [-0.2, -0.15) is 5.10 Å². The number of aromatic nitrogens is 2. The molecule has 3 rings (SSSR count).